The van der Waals surface area contributed by atoms with Crippen molar-refractivity contribution in [2.24, 2.45) is 0 Å². The van der Waals surface area contributed by atoms with E-state index in [2.05, 4.69) is 0 Å². The number of benzene rings is 2. The van der Waals surface area contributed by atoms with Gasteiger partial charge in [0.05, 0.1) is 0 Å². The van der Waals surface area contributed by atoms with E-state index in [9.17, 15) is 27.6 Å². The lowest BCUT2D eigenvalue weighted by atomic mass is 10.1. The number of carbonyl (C=O) groups is 3. The van der Waals surface area contributed by atoms with E-state index in [1.807, 2.05) is 0 Å². The molecule has 0 bridgehead atoms. The van der Waals surface area contributed by atoms with E-state index in [-0.39, 0.29) is 24.0 Å². The van der Waals surface area contributed by atoms with Gasteiger partial charge in [0.15, 0.2) is 12.4 Å². The maximum absolute atomic E-state index is 12.4. The zero-order chi connectivity index (χ0) is 22.3. The number of anilines is 1. The van der Waals surface area contributed by atoms with Gasteiger partial charge < -0.3 is 15.0 Å². The lowest BCUT2D eigenvalue weighted by Crippen LogP contribution is -2.29. The van der Waals surface area contributed by atoms with Gasteiger partial charge in [-0.2, -0.15) is 13.2 Å². The van der Waals surface area contributed by atoms with E-state index >= 15 is 0 Å². The molecule has 0 fully saturated rings. The Hall–Kier alpha value is -3.62. The van der Waals surface area contributed by atoms with Gasteiger partial charge in [0.1, 0.15) is 5.75 Å². The van der Waals surface area contributed by atoms with Crippen molar-refractivity contribution in [2.45, 2.75) is 6.18 Å². The molecule has 6 nitrogen and oxygen atoms in total. The van der Waals surface area contributed by atoms with Crippen LogP contribution in [-0.2, 0) is 9.59 Å². The largest absolute Gasteiger partial charge is 0.484 e. The van der Waals surface area contributed by atoms with Crippen molar-refractivity contribution in [3.05, 3.63) is 65.7 Å². The molecule has 0 aromatic heterocycles. The molecule has 0 heterocycles. The summed E-state index contributed by atoms with van der Waals surface area (Å²) in [4.78, 5) is 36.3. The van der Waals surface area contributed by atoms with Gasteiger partial charge in [0.2, 0.25) is 0 Å². The van der Waals surface area contributed by atoms with Crippen LogP contribution in [0.4, 0.5) is 18.9 Å². The van der Waals surface area contributed by atoms with Crippen LogP contribution in [-0.4, -0.2) is 49.4 Å². The van der Waals surface area contributed by atoms with Crippen LogP contribution in [0.2, 0.25) is 0 Å². The smallest absolute Gasteiger partial charge is 0.471 e. The molecule has 1 N–H and O–H groups in total. The van der Waals surface area contributed by atoms with Gasteiger partial charge in [-0.25, -0.2) is 0 Å². The molecule has 0 atom stereocenters. The second-order valence-electron chi connectivity index (χ2n) is 6.38. The minimum Gasteiger partial charge on any atom is -0.484 e. The molecular formula is C21H19F3N2O4. The Morgan fingerprint density at radius 2 is 1.77 bits per heavy atom. The Kier molecular flexibility index (Phi) is 7.35. The van der Waals surface area contributed by atoms with E-state index in [1.54, 1.807) is 43.7 Å². The van der Waals surface area contributed by atoms with Crippen molar-refractivity contribution in [3.63, 3.8) is 0 Å². The minimum atomic E-state index is -4.99. The van der Waals surface area contributed by atoms with Crippen LogP contribution >= 0.6 is 0 Å². The van der Waals surface area contributed by atoms with Crippen molar-refractivity contribution in [2.75, 3.05) is 26.0 Å². The van der Waals surface area contributed by atoms with E-state index in [0.717, 1.165) is 0 Å². The van der Waals surface area contributed by atoms with Crippen molar-refractivity contribution in [3.8, 4) is 5.75 Å². The monoisotopic (exact) mass is 420 g/mol. The van der Waals surface area contributed by atoms with Gasteiger partial charge in [0.25, 0.3) is 5.91 Å². The number of halogens is 3. The van der Waals surface area contributed by atoms with E-state index in [1.165, 1.54) is 41.3 Å². The van der Waals surface area contributed by atoms with Crippen molar-refractivity contribution < 1.29 is 32.3 Å². The number of ether oxygens (including phenoxy) is 1. The first-order valence-corrected chi connectivity index (χ1v) is 8.70. The lowest BCUT2D eigenvalue weighted by Gasteiger charge is -2.11. The third-order valence-electron chi connectivity index (χ3n) is 3.81. The second-order valence-corrected chi connectivity index (χ2v) is 6.38. The van der Waals surface area contributed by atoms with Gasteiger partial charge in [-0.05, 0) is 35.9 Å². The summed E-state index contributed by atoms with van der Waals surface area (Å²) in [7, 11) is 3.19. The summed E-state index contributed by atoms with van der Waals surface area (Å²) in [5, 5.41) is 1.75. The molecule has 2 aromatic carbocycles. The highest BCUT2D eigenvalue weighted by molar-refractivity contribution is 6.07. The predicted molar refractivity (Wildman–Crippen MR) is 105 cm³/mol. The average Bonchev–Trinajstić information content (AvgIpc) is 2.70. The number of rotatable bonds is 7. The molecule has 30 heavy (non-hydrogen) atoms. The molecular weight excluding hydrogens is 401 g/mol. The Labute approximate surface area is 170 Å². The molecule has 158 valence electrons. The fraction of sp³-hybridized carbons (Fsp3) is 0.190. The molecule has 0 aliphatic carbocycles. The quantitative estimate of drug-likeness (QED) is 0.549. The van der Waals surface area contributed by atoms with Crippen LogP contribution in [0.5, 0.6) is 5.75 Å². The van der Waals surface area contributed by atoms with Gasteiger partial charge in [-0.15, -0.1) is 0 Å². The molecule has 0 unspecified atom stereocenters. The molecule has 0 saturated heterocycles. The number of hydrogen-bond acceptors (Lipinski definition) is 4. The lowest BCUT2D eigenvalue weighted by molar-refractivity contribution is -0.167. The van der Waals surface area contributed by atoms with Gasteiger partial charge >= 0.3 is 12.1 Å². The summed E-state index contributed by atoms with van der Waals surface area (Å²) < 4.78 is 42.4. The number of allylic oxidation sites excluding steroid dienone is 1. The van der Waals surface area contributed by atoms with Gasteiger partial charge in [-0.1, -0.05) is 30.3 Å². The summed E-state index contributed by atoms with van der Waals surface area (Å²) in [6.07, 6.45) is -2.34. The first kappa shape index (κ1) is 22.7. The first-order chi connectivity index (χ1) is 14.1. The van der Waals surface area contributed by atoms with Crippen LogP contribution in [0.15, 0.2) is 54.6 Å². The molecule has 0 aliphatic heterocycles. The van der Waals surface area contributed by atoms with Crippen LogP contribution in [0.3, 0.4) is 0 Å². The second kappa shape index (κ2) is 9.73. The molecule has 2 amide bonds. The van der Waals surface area contributed by atoms with Crippen molar-refractivity contribution in [1.82, 2.24) is 4.90 Å². The maximum Gasteiger partial charge on any atom is 0.471 e. The number of likely N-dealkylation sites (N-methyl/N-ethyl adjacent to an activating group) is 1. The van der Waals surface area contributed by atoms with E-state index in [4.69, 9.17) is 4.74 Å². The minimum absolute atomic E-state index is 0.0483. The molecule has 0 saturated carbocycles. The Morgan fingerprint density at radius 3 is 2.43 bits per heavy atom. The molecule has 2 aromatic rings. The van der Waals surface area contributed by atoms with Crippen LogP contribution in [0, 0.1) is 0 Å². The third kappa shape index (κ3) is 6.77. The zero-order valence-electron chi connectivity index (χ0n) is 16.2. The molecule has 0 radical (unpaired) electrons. The van der Waals surface area contributed by atoms with E-state index in [0.29, 0.717) is 16.9 Å². The number of alkyl halides is 3. The number of nitrogens with one attached hydrogen (secondary N) is 1. The van der Waals surface area contributed by atoms with Crippen LogP contribution < -0.4 is 10.1 Å². The standard InChI is InChI=1S/C21H19F3N2O4/c1-26(2)19(28)13-30-17-8-4-6-15(12-17)18(27)10-9-14-5-3-7-16(11-14)25-20(29)21(22,23)24/h3-12H,13H2,1-2H3,(H,25,29). The highest BCUT2D eigenvalue weighted by Gasteiger charge is 2.38. The van der Waals surface area contributed by atoms with Crippen LogP contribution in [0.25, 0.3) is 6.08 Å². The number of amides is 2. The molecule has 9 heteroatoms. The SMILES string of the molecule is CN(C)C(=O)COc1cccc(C(=O)C=Cc2cccc(NC(=O)C(F)(F)F)c2)c1. The number of nitrogens with zero attached hydrogens (tertiary/aromatic N) is 1. The number of ketones is 1. The summed E-state index contributed by atoms with van der Waals surface area (Å²) in [5.74, 6) is -2.33. The number of hydrogen-bond donors (Lipinski definition) is 1. The first-order valence-electron chi connectivity index (χ1n) is 8.70. The average molecular weight is 420 g/mol. The third-order valence-corrected chi connectivity index (χ3v) is 3.81. The summed E-state index contributed by atoms with van der Waals surface area (Å²) >= 11 is 0. The van der Waals surface area contributed by atoms with E-state index < -0.39 is 12.1 Å². The zero-order valence-corrected chi connectivity index (χ0v) is 16.2. The fourth-order valence-electron chi connectivity index (χ4n) is 2.20. The Morgan fingerprint density at radius 1 is 1.07 bits per heavy atom. The predicted octanol–water partition coefficient (Wildman–Crippen LogP) is 3.55. The fourth-order valence-corrected chi connectivity index (χ4v) is 2.20. The highest BCUT2D eigenvalue weighted by atomic mass is 19.4. The summed E-state index contributed by atoms with van der Waals surface area (Å²) in [6.45, 7) is -0.170. The molecule has 0 spiro atoms. The van der Waals surface area contributed by atoms with Gasteiger partial charge in [-0.3, -0.25) is 14.4 Å². The Balaban J connectivity index is 2.06. The van der Waals surface area contributed by atoms with Crippen LogP contribution in [0.1, 0.15) is 15.9 Å². The number of carbonyl (C=O) groups excluding carboxylic acids is 3. The summed E-state index contributed by atoms with van der Waals surface area (Å²) in [6, 6.07) is 11.9. The molecule has 2 rings (SSSR count). The maximum atomic E-state index is 12.4. The topological polar surface area (TPSA) is 75.7 Å². The van der Waals surface area contributed by atoms with Gasteiger partial charge in [0, 0.05) is 25.3 Å². The Bertz CT molecular complexity index is 969. The highest BCUT2D eigenvalue weighted by Crippen LogP contribution is 2.20. The van der Waals surface area contributed by atoms with Crippen molar-refractivity contribution >= 4 is 29.4 Å². The normalized spacial score (nSPS) is 11.2. The van der Waals surface area contributed by atoms with Crippen molar-refractivity contribution in [1.29, 1.82) is 0 Å². The molecule has 0 aliphatic rings. The summed E-state index contributed by atoms with van der Waals surface area (Å²) in [5.41, 5.74) is 0.683.